The predicted molar refractivity (Wildman–Crippen MR) is 95.2 cm³/mol. The monoisotopic (exact) mass is 327 g/mol. The van der Waals surface area contributed by atoms with Crippen LogP contribution in [-0.2, 0) is 5.54 Å². The average molecular weight is 327 g/mol. The normalized spacial score (nSPS) is 15.1. The Bertz CT molecular complexity index is 636. The second-order valence-electron chi connectivity index (χ2n) is 5.55. The van der Waals surface area contributed by atoms with Crippen LogP contribution < -0.4 is 16.6 Å². The van der Waals surface area contributed by atoms with Crippen molar-refractivity contribution in [1.29, 1.82) is 0 Å². The van der Waals surface area contributed by atoms with E-state index in [2.05, 4.69) is 32.8 Å². The molecule has 1 fully saturated rings. The van der Waals surface area contributed by atoms with E-state index < -0.39 is 5.91 Å². The van der Waals surface area contributed by atoms with Crippen molar-refractivity contribution in [2.24, 2.45) is 5.84 Å². The quantitative estimate of drug-likeness (QED) is 0.456. The van der Waals surface area contributed by atoms with Gasteiger partial charge in [0, 0.05) is 12.4 Å². The Balaban J connectivity index is 0.00000100. The molecule has 0 aliphatic heterocycles. The van der Waals surface area contributed by atoms with Gasteiger partial charge >= 0.3 is 0 Å². The van der Waals surface area contributed by atoms with Gasteiger partial charge in [-0.25, -0.2) is 15.8 Å². The molecular weight excluding hydrogens is 302 g/mol. The minimum atomic E-state index is -0.398. The summed E-state index contributed by atoms with van der Waals surface area (Å²) < 4.78 is 0. The first-order valence-electron chi connectivity index (χ1n) is 8.40. The van der Waals surface area contributed by atoms with E-state index in [1.165, 1.54) is 30.8 Å². The number of benzene rings is 1. The number of hydrogen-bond acceptors (Lipinski definition) is 5. The molecule has 1 aromatic heterocycles. The molecule has 0 spiro atoms. The Labute approximate surface area is 142 Å². The molecule has 4 N–H and O–H groups in total. The lowest BCUT2D eigenvalue weighted by molar-refractivity contribution is 0.0953. The van der Waals surface area contributed by atoms with Gasteiger partial charge in [-0.15, -0.1) is 0 Å². The van der Waals surface area contributed by atoms with Gasteiger partial charge in [-0.3, -0.25) is 10.2 Å². The van der Waals surface area contributed by atoms with Crippen LogP contribution >= 0.6 is 0 Å². The zero-order chi connectivity index (χ0) is 17.4. The van der Waals surface area contributed by atoms with Crippen LogP contribution in [0.5, 0.6) is 0 Å². The third kappa shape index (κ3) is 3.89. The summed E-state index contributed by atoms with van der Waals surface area (Å²) in [5.74, 6) is 5.23. The van der Waals surface area contributed by atoms with Crippen molar-refractivity contribution in [2.45, 2.75) is 45.1 Å². The lowest BCUT2D eigenvalue weighted by Gasteiger charge is -2.31. The van der Waals surface area contributed by atoms with E-state index in [1.807, 2.05) is 32.0 Å². The van der Waals surface area contributed by atoms with Crippen molar-refractivity contribution in [1.82, 2.24) is 15.4 Å². The number of nitrogen functional groups attached to an aromatic ring is 1. The Morgan fingerprint density at radius 2 is 1.67 bits per heavy atom. The fourth-order valence-electron chi connectivity index (χ4n) is 3.03. The van der Waals surface area contributed by atoms with Crippen LogP contribution in [0.1, 0.15) is 55.5 Å². The minimum absolute atomic E-state index is 0.126. The molecule has 0 unspecified atom stereocenters. The highest BCUT2D eigenvalue weighted by molar-refractivity contribution is 5.93. The van der Waals surface area contributed by atoms with Crippen LogP contribution in [0, 0.1) is 0 Å². The van der Waals surface area contributed by atoms with E-state index in [1.54, 1.807) is 0 Å². The summed E-state index contributed by atoms with van der Waals surface area (Å²) in [6, 6.07) is 10.4. The third-order valence-electron chi connectivity index (χ3n) is 4.18. The first-order chi connectivity index (χ1) is 11.7. The second kappa shape index (κ2) is 8.40. The van der Waals surface area contributed by atoms with Gasteiger partial charge in [-0.1, -0.05) is 57.0 Å². The molecule has 0 radical (unpaired) electrons. The number of nitrogens with zero attached hydrogens (tertiary/aromatic N) is 2. The number of hydrogen-bond donors (Lipinski definition) is 3. The lowest BCUT2D eigenvalue weighted by Crippen LogP contribution is -2.33. The van der Waals surface area contributed by atoms with Crippen LogP contribution in [-0.4, -0.2) is 15.9 Å². The summed E-state index contributed by atoms with van der Waals surface area (Å²) in [7, 11) is 0. The standard InChI is InChI=1S/C16H19N5O.C2H6/c17-21-14(22)12-10-18-15(19-11-12)20-16(8-4-5-9-16)13-6-2-1-3-7-13;1-2/h1-3,6-7,10-11H,4-5,8-9,17H2,(H,21,22)(H,18,19,20);1-2H3. The van der Waals surface area contributed by atoms with Crippen molar-refractivity contribution in [2.75, 3.05) is 5.32 Å². The van der Waals surface area contributed by atoms with Gasteiger partial charge in [0.2, 0.25) is 5.95 Å². The smallest absolute Gasteiger partial charge is 0.268 e. The summed E-state index contributed by atoms with van der Waals surface area (Å²) in [4.78, 5) is 19.9. The van der Waals surface area contributed by atoms with Crippen LogP contribution in [0.15, 0.2) is 42.7 Å². The summed E-state index contributed by atoms with van der Waals surface area (Å²) in [5.41, 5.74) is 3.53. The molecule has 0 saturated heterocycles. The largest absolute Gasteiger partial charge is 0.345 e. The van der Waals surface area contributed by atoms with Gasteiger partial charge in [-0.2, -0.15) is 0 Å². The molecule has 2 aromatic rings. The molecule has 0 atom stereocenters. The maximum absolute atomic E-state index is 11.4. The van der Waals surface area contributed by atoms with Gasteiger partial charge in [0.25, 0.3) is 5.91 Å². The van der Waals surface area contributed by atoms with Crippen LogP contribution in [0.25, 0.3) is 0 Å². The van der Waals surface area contributed by atoms with Crippen molar-refractivity contribution < 1.29 is 4.79 Å². The van der Waals surface area contributed by atoms with E-state index >= 15 is 0 Å². The van der Waals surface area contributed by atoms with Gasteiger partial charge in [-0.05, 0) is 18.4 Å². The Morgan fingerprint density at radius 1 is 1.08 bits per heavy atom. The fourth-order valence-corrected chi connectivity index (χ4v) is 3.03. The van der Waals surface area contributed by atoms with E-state index in [-0.39, 0.29) is 5.54 Å². The molecule has 1 aliphatic rings. The van der Waals surface area contributed by atoms with E-state index in [0.29, 0.717) is 11.5 Å². The first kappa shape index (κ1) is 17.9. The molecule has 1 amide bonds. The van der Waals surface area contributed by atoms with E-state index in [0.717, 1.165) is 12.8 Å². The molecule has 1 aliphatic carbocycles. The zero-order valence-corrected chi connectivity index (χ0v) is 14.2. The molecule has 3 rings (SSSR count). The number of nitrogens with one attached hydrogen (secondary N) is 2. The molecule has 6 nitrogen and oxygen atoms in total. The lowest BCUT2D eigenvalue weighted by atomic mass is 9.88. The molecule has 24 heavy (non-hydrogen) atoms. The van der Waals surface area contributed by atoms with Gasteiger partial charge in [0.05, 0.1) is 11.1 Å². The van der Waals surface area contributed by atoms with Crippen molar-refractivity contribution in [3.05, 3.63) is 53.9 Å². The number of carbonyl (C=O) groups excluding carboxylic acids is 1. The Hall–Kier alpha value is -2.47. The number of anilines is 1. The number of hydrazine groups is 1. The zero-order valence-electron chi connectivity index (χ0n) is 14.2. The van der Waals surface area contributed by atoms with Crippen LogP contribution in [0.3, 0.4) is 0 Å². The van der Waals surface area contributed by atoms with E-state index in [4.69, 9.17) is 5.84 Å². The highest BCUT2D eigenvalue weighted by Gasteiger charge is 2.36. The Morgan fingerprint density at radius 3 is 2.21 bits per heavy atom. The van der Waals surface area contributed by atoms with Crippen molar-refractivity contribution >= 4 is 11.9 Å². The first-order valence-corrected chi connectivity index (χ1v) is 8.40. The maximum Gasteiger partial charge on any atom is 0.268 e. The predicted octanol–water partition coefficient (Wildman–Crippen LogP) is 2.99. The third-order valence-corrected chi connectivity index (χ3v) is 4.18. The highest BCUT2D eigenvalue weighted by atomic mass is 16.2. The molecule has 1 heterocycles. The van der Waals surface area contributed by atoms with Gasteiger partial charge in [0.1, 0.15) is 0 Å². The van der Waals surface area contributed by atoms with Crippen molar-refractivity contribution in [3.8, 4) is 0 Å². The SMILES string of the molecule is CC.NNC(=O)c1cnc(NC2(c3ccccc3)CCCC2)nc1. The number of rotatable bonds is 4. The van der Waals surface area contributed by atoms with Crippen LogP contribution in [0.2, 0.25) is 0 Å². The average Bonchev–Trinajstić information content (AvgIpc) is 3.14. The Kier molecular flexibility index (Phi) is 6.26. The van der Waals surface area contributed by atoms with Gasteiger partial charge in [0.15, 0.2) is 0 Å². The number of nitrogens with two attached hydrogens (primary N) is 1. The molecular formula is C18H25N5O. The molecule has 1 saturated carbocycles. The highest BCUT2D eigenvalue weighted by Crippen LogP contribution is 2.40. The summed E-state index contributed by atoms with van der Waals surface area (Å²) in [6.45, 7) is 4.00. The number of carbonyl (C=O) groups is 1. The summed E-state index contributed by atoms with van der Waals surface area (Å²) in [6.07, 6.45) is 7.40. The topological polar surface area (TPSA) is 92.9 Å². The molecule has 1 aromatic carbocycles. The van der Waals surface area contributed by atoms with Gasteiger partial charge < -0.3 is 5.32 Å². The second-order valence-corrected chi connectivity index (χ2v) is 5.55. The fraction of sp³-hybridized carbons (Fsp3) is 0.389. The summed E-state index contributed by atoms with van der Waals surface area (Å²) >= 11 is 0. The van der Waals surface area contributed by atoms with Crippen LogP contribution in [0.4, 0.5) is 5.95 Å². The molecule has 0 bridgehead atoms. The summed E-state index contributed by atoms with van der Waals surface area (Å²) in [5, 5.41) is 3.47. The minimum Gasteiger partial charge on any atom is -0.345 e. The van der Waals surface area contributed by atoms with Crippen molar-refractivity contribution in [3.63, 3.8) is 0 Å². The number of amides is 1. The van der Waals surface area contributed by atoms with E-state index in [9.17, 15) is 4.79 Å². The molecule has 128 valence electrons. The number of aromatic nitrogens is 2. The molecule has 6 heteroatoms. The maximum atomic E-state index is 11.4.